The average Bonchev–Trinajstić information content (AvgIpc) is 2.86. The molecule has 0 spiro atoms. The first-order chi connectivity index (χ1) is 9.17. The van der Waals surface area contributed by atoms with Gasteiger partial charge >= 0.3 is 0 Å². The molecular formula is C15H18FNO2. The van der Waals surface area contributed by atoms with E-state index in [-0.39, 0.29) is 18.0 Å². The molecule has 0 aliphatic heterocycles. The average molecular weight is 263 g/mol. The summed E-state index contributed by atoms with van der Waals surface area (Å²) in [5.74, 6) is 6.84. The molecule has 3 atom stereocenters. The molecule has 2 rings (SSSR count). The van der Waals surface area contributed by atoms with Crippen molar-refractivity contribution >= 4 is 0 Å². The molecule has 19 heavy (non-hydrogen) atoms. The number of hydrogen-bond acceptors (Lipinski definition) is 3. The Kier molecular flexibility index (Phi) is 4.78. The van der Waals surface area contributed by atoms with Gasteiger partial charge in [-0.25, -0.2) is 4.39 Å². The maximum absolute atomic E-state index is 12.8. The molecule has 0 radical (unpaired) electrons. The molecular weight excluding hydrogens is 245 g/mol. The van der Waals surface area contributed by atoms with E-state index in [9.17, 15) is 4.39 Å². The molecule has 1 aliphatic carbocycles. The van der Waals surface area contributed by atoms with Crippen LogP contribution in [0.1, 0.15) is 26.2 Å². The lowest BCUT2D eigenvalue weighted by Crippen LogP contribution is -2.19. The summed E-state index contributed by atoms with van der Waals surface area (Å²) in [5.41, 5.74) is 2.10. The summed E-state index contributed by atoms with van der Waals surface area (Å²) < 4.78 is 18.6. The van der Waals surface area contributed by atoms with E-state index in [1.807, 2.05) is 0 Å². The van der Waals surface area contributed by atoms with Crippen LogP contribution in [0.25, 0.3) is 0 Å². The van der Waals surface area contributed by atoms with Gasteiger partial charge < -0.3 is 9.94 Å². The van der Waals surface area contributed by atoms with Crippen molar-refractivity contribution in [2.24, 2.45) is 5.92 Å². The van der Waals surface area contributed by atoms with Crippen LogP contribution in [-0.2, 0) is 0 Å². The first-order valence-corrected chi connectivity index (χ1v) is 6.50. The minimum Gasteiger partial charge on any atom is -0.490 e. The second kappa shape index (κ2) is 6.55. The van der Waals surface area contributed by atoms with Gasteiger partial charge in [-0.1, -0.05) is 11.8 Å². The van der Waals surface area contributed by atoms with Crippen LogP contribution in [0.2, 0.25) is 0 Å². The lowest BCUT2D eigenvalue weighted by molar-refractivity contribution is 0.152. The van der Waals surface area contributed by atoms with Crippen molar-refractivity contribution in [3.05, 3.63) is 30.1 Å². The number of benzene rings is 1. The number of ether oxygens (including phenoxy) is 1. The van der Waals surface area contributed by atoms with Gasteiger partial charge in [0.25, 0.3) is 0 Å². The summed E-state index contributed by atoms with van der Waals surface area (Å²) >= 11 is 0. The number of rotatable bonds is 3. The fourth-order valence-electron chi connectivity index (χ4n) is 2.16. The van der Waals surface area contributed by atoms with Gasteiger partial charge in [-0.2, -0.15) is 5.48 Å². The molecule has 1 aliphatic rings. The zero-order valence-corrected chi connectivity index (χ0v) is 10.9. The number of nitrogens with one attached hydrogen (secondary N) is 1. The lowest BCUT2D eigenvalue weighted by Gasteiger charge is -2.12. The topological polar surface area (TPSA) is 41.5 Å². The first-order valence-electron chi connectivity index (χ1n) is 6.50. The van der Waals surface area contributed by atoms with Gasteiger partial charge in [0.2, 0.25) is 0 Å². The molecule has 2 N–H and O–H groups in total. The molecule has 0 amide bonds. The highest BCUT2D eigenvalue weighted by atomic mass is 19.1. The lowest BCUT2D eigenvalue weighted by atomic mass is 10.1. The molecule has 102 valence electrons. The molecule has 0 aromatic heterocycles. The molecule has 1 saturated carbocycles. The van der Waals surface area contributed by atoms with Crippen molar-refractivity contribution in [3.8, 4) is 17.6 Å². The Hall–Kier alpha value is -1.57. The van der Waals surface area contributed by atoms with E-state index in [2.05, 4.69) is 17.3 Å². The molecule has 4 heteroatoms. The van der Waals surface area contributed by atoms with Crippen LogP contribution in [0.3, 0.4) is 0 Å². The van der Waals surface area contributed by atoms with E-state index in [1.54, 1.807) is 19.1 Å². The Bertz CT molecular complexity index is 463. The maximum Gasteiger partial charge on any atom is 0.123 e. The fraction of sp³-hybridized carbons (Fsp3) is 0.467. The SMILES string of the molecule is CC(C#CC1CCC(Oc2ccc(F)cc2)C1)NO. The van der Waals surface area contributed by atoms with Crippen molar-refractivity contribution in [1.82, 2.24) is 5.48 Å². The Morgan fingerprint density at radius 2 is 2.11 bits per heavy atom. The van der Waals surface area contributed by atoms with Crippen LogP contribution in [0.15, 0.2) is 24.3 Å². The van der Waals surface area contributed by atoms with Crippen molar-refractivity contribution in [2.45, 2.75) is 38.3 Å². The monoisotopic (exact) mass is 263 g/mol. The smallest absolute Gasteiger partial charge is 0.123 e. The Morgan fingerprint density at radius 1 is 1.37 bits per heavy atom. The standard InChI is InChI=1S/C15H18FNO2/c1-11(17-18)2-3-12-4-7-15(10-12)19-14-8-5-13(16)6-9-14/h5-6,8-9,11-12,15,17-18H,4,7,10H2,1H3. The minimum absolute atomic E-state index is 0.141. The van der Waals surface area contributed by atoms with Crippen LogP contribution < -0.4 is 10.2 Å². The molecule has 0 heterocycles. The maximum atomic E-state index is 12.8. The van der Waals surface area contributed by atoms with Crippen LogP contribution in [0.4, 0.5) is 4.39 Å². The van der Waals surface area contributed by atoms with E-state index >= 15 is 0 Å². The third kappa shape index (κ3) is 4.23. The zero-order chi connectivity index (χ0) is 13.7. The summed E-state index contributed by atoms with van der Waals surface area (Å²) in [7, 11) is 0. The third-order valence-electron chi connectivity index (χ3n) is 3.20. The van der Waals surface area contributed by atoms with Gasteiger partial charge in [-0.05, 0) is 50.5 Å². The van der Waals surface area contributed by atoms with Gasteiger partial charge in [-0.3, -0.25) is 0 Å². The Balaban J connectivity index is 1.84. The molecule has 1 aromatic carbocycles. The zero-order valence-electron chi connectivity index (χ0n) is 10.9. The summed E-state index contributed by atoms with van der Waals surface area (Å²) in [6, 6.07) is 5.88. The van der Waals surface area contributed by atoms with Crippen molar-refractivity contribution < 1.29 is 14.3 Å². The van der Waals surface area contributed by atoms with Gasteiger partial charge in [-0.15, -0.1) is 0 Å². The molecule has 3 unspecified atom stereocenters. The minimum atomic E-state index is -0.256. The molecule has 0 saturated heterocycles. The first kappa shape index (κ1) is 13.9. The Labute approximate surface area is 112 Å². The highest BCUT2D eigenvalue weighted by molar-refractivity contribution is 5.22. The number of hydrogen-bond donors (Lipinski definition) is 2. The van der Waals surface area contributed by atoms with Gasteiger partial charge in [0.15, 0.2) is 0 Å². The third-order valence-corrected chi connectivity index (χ3v) is 3.20. The van der Waals surface area contributed by atoms with Gasteiger partial charge in [0.05, 0.1) is 12.1 Å². The van der Waals surface area contributed by atoms with Crippen LogP contribution in [0.5, 0.6) is 5.75 Å². The highest BCUT2D eigenvalue weighted by Gasteiger charge is 2.24. The van der Waals surface area contributed by atoms with Crippen molar-refractivity contribution in [2.75, 3.05) is 0 Å². The van der Waals surface area contributed by atoms with E-state index in [1.165, 1.54) is 12.1 Å². The van der Waals surface area contributed by atoms with Crippen LogP contribution >= 0.6 is 0 Å². The predicted octanol–water partition coefficient (Wildman–Crippen LogP) is 2.74. The number of halogens is 1. The van der Waals surface area contributed by atoms with E-state index < -0.39 is 0 Å². The normalized spacial score (nSPS) is 23.5. The van der Waals surface area contributed by atoms with Crippen LogP contribution in [-0.4, -0.2) is 17.4 Å². The van der Waals surface area contributed by atoms with Gasteiger partial charge in [0.1, 0.15) is 11.6 Å². The molecule has 0 bridgehead atoms. The summed E-state index contributed by atoms with van der Waals surface area (Å²) in [6.07, 6.45) is 2.97. The highest BCUT2D eigenvalue weighted by Crippen LogP contribution is 2.28. The van der Waals surface area contributed by atoms with Crippen LogP contribution in [0, 0.1) is 23.6 Å². The summed E-state index contributed by atoms with van der Waals surface area (Å²) in [6.45, 7) is 1.80. The molecule has 3 nitrogen and oxygen atoms in total. The Morgan fingerprint density at radius 3 is 2.79 bits per heavy atom. The summed E-state index contributed by atoms with van der Waals surface area (Å²) in [5, 5.41) is 8.67. The quantitative estimate of drug-likeness (QED) is 0.651. The summed E-state index contributed by atoms with van der Waals surface area (Å²) in [4.78, 5) is 0. The molecule has 1 aromatic rings. The fourth-order valence-corrected chi connectivity index (χ4v) is 2.16. The van der Waals surface area contributed by atoms with Gasteiger partial charge in [0, 0.05) is 5.92 Å². The second-order valence-corrected chi connectivity index (χ2v) is 4.84. The number of hydroxylamine groups is 1. The molecule has 1 fully saturated rings. The van der Waals surface area contributed by atoms with E-state index in [0.717, 1.165) is 19.3 Å². The largest absolute Gasteiger partial charge is 0.490 e. The van der Waals surface area contributed by atoms with E-state index in [0.29, 0.717) is 11.7 Å². The van der Waals surface area contributed by atoms with E-state index in [4.69, 9.17) is 9.94 Å². The van der Waals surface area contributed by atoms with Crippen molar-refractivity contribution in [1.29, 1.82) is 0 Å². The predicted molar refractivity (Wildman–Crippen MR) is 70.3 cm³/mol. The van der Waals surface area contributed by atoms with Crippen molar-refractivity contribution in [3.63, 3.8) is 0 Å². The second-order valence-electron chi connectivity index (χ2n) is 4.84.